The fraction of sp³-hybridized carbons (Fsp3) is 0.900. The molecule has 0 aromatic carbocycles. The molecular weight excluding hydrogens is 180 g/mol. The Labute approximate surface area is 85.9 Å². The Bertz CT molecular complexity index is 171. The van der Waals surface area contributed by atoms with Crippen molar-refractivity contribution in [3.05, 3.63) is 0 Å². The predicted molar refractivity (Wildman–Crippen MR) is 56.8 cm³/mol. The number of carbonyl (C=O) groups is 1. The van der Waals surface area contributed by atoms with E-state index in [4.69, 9.17) is 5.73 Å². The van der Waals surface area contributed by atoms with Gasteiger partial charge in [-0.2, -0.15) is 0 Å². The van der Waals surface area contributed by atoms with E-state index in [1.807, 2.05) is 6.92 Å². The van der Waals surface area contributed by atoms with Crippen LogP contribution < -0.4 is 11.1 Å². The van der Waals surface area contributed by atoms with Gasteiger partial charge < -0.3 is 16.2 Å². The SMILES string of the molecule is CCC(CN)CC(=O)NCC(C)(C)O. The lowest BCUT2D eigenvalue weighted by Gasteiger charge is -2.19. The van der Waals surface area contributed by atoms with Crippen LogP contribution in [-0.4, -0.2) is 29.7 Å². The third kappa shape index (κ3) is 6.86. The normalized spacial score (nSPS) is 13.8. The summed E-state index contributed by atoms with van der Waals surface area (Å²) in [5, 5.41) is 12.1. The summed E-state index contributed by atoms with van der Waals surface area (Å²) in [6.07, 6.45) is 1.36. The van der Waals surface area contributed by atoms with Gasteiger partial charge in [-0.15, -0.1) is 0 Å². The maximum absolute atomic E-state index is 11.3. The van der Waals surface area contributed by atoms with Crippen LogP contribution in [0.3, 0.4) is 0 Å². The number of nitrogens with two attached hydrogens (primary N) is 1. The second-order valence-corrected chi connectivity index (χ2v) is 4.30. The smallest absolute Gasteiger partial charge is 0.220 e. The highest BCUT2D eigenvalue weighted by molar-refractivity contribution is 5.76. The molecule has 4 heteroatoms. The predicted octanol–water partition coefficient (Wildman–Crippen LogP) is 0.249. The van der Waals surface area contributed by atoms with Gasteiger partial charge in [0.25, 0.3) is 0 Å². The number of amides is 1. The molecule has 4 nitrogen and oxygen atoms in total. The van der Waals surface area contributed by atoms with E-state index >= 15 is 0 Å². The number of carbonyl (C=O) groups excluding carboxylic acids is 1. The van der Waals surface area contributed by atoms with E-state index in [1.165, 1.54) is 0 Å². The maximum atomic E-state index is 11.3. The second kappa shape index (κ2) is 5.98. The molecule has 0 spiro atoms. The highest BCUT2D eigenvalue weighted by Gasteiger charge is 2.15. The van der Waals surface area contributed by atoms with Gasteiger partial charge in [-0.3, -0.25) is 4.79 Å². The van der Waals surface area contributed by atoms with Crippen molar-refractivity contribution < 1.29 is 9.90 Å². The number of rotatable bonds is 6. The van der Waals surface area contributed by atoms with Gasteiger partial charge in [0.2, 0.25) is 5.91 Å². The first kappa shape index (κ1) is 13.4. The summed E-state index contributed by atoms with van der Waals surface area (Å²) in [6, 6.07) is 0. The molecule has 0 aromatic rings. The minimum Gasteiger partial charge on any atom is -0.389 e. The molecule has 1 atom stereocenters. The molecule has 4 N–H and O–H groups in total. The molecule has 0 aliphatic carbocycles. The molecule has 0 fully saturated rings. The van der Waals surface area contributed by atoms with Gasteiger partial charge in [-0.25, -0.2) is 0 Å². The van der Waals surface area contributed by atoms with Crippen LogP contribution in [0.5, 0.6) is 0 Å². The van der Waals surface area contributed by atoms with E-state index in [1.54, 1.807) is 13.8 Å². The zero-order chi connectivity index (χ0) is 11.2. The molecule has 0 aliphatic heterocycles. The molecule has 0 heterocycles. The van der Waals surface area contributed by atoms with Gasteiger partial charge in [0, 0.05) is 13.0 Å². The van der Waals surface area contributed by atoms with Crippen LogP contribution in [0, 0.1) is 5.92 Å². The van der Waals surface area contributed by atoms with E-state index in [0.29, 0.717) is 13.0 Å². The van der Waals surface area contributed by atoms with E-state index in [-0.39, 0.29) is 18.4 Å². The molecular formula is C10H22N2O2. The van der Waals surface area contributed by atoms with Crippen molar-refractivity contribution in [3.63, 3.8) is 0 Å². The largest absolute Gasteiger partial charge is 0.389 e. The average molecular weight is 202 g/mol. The molecule has 0 saturated carbocycles. The van der Waals surface area contributed by atoms with Crippen molar-refractivity contribution in [1.82, 2.24) is 5.32 Å². The van der Waals surface area contributed by atoms with E-state index in [0.717, 1.165) is 6.42 Å². The van der Waals surface area contributed by atoms with Crippen LogP contribution in [0.1, 0.15) is 33.6 Å². The highest BCUT2D eigenvalue weighted by atomic mass is 16.3. The van der Waals surface area contributed by atoms with Crippen LogP contribution in [0.15, 0.2) is 0 Å². The van der Waals surface area contributed by atoms with Gasteiger partial charge in [-0.05, 0) is 26.3 Å². The van der Waals surface area contributed by atoms with Crippen molar-refractivity contribution in [2.75, 3.05) is 13.1 Å². The van der Waals surface area contributed by atoms with Gasteiger partial charge >= 0.3 is 0 Å². The van der Waals surface area contributed by atoms with E-state index < -0.39 is 5.60 Å². The minimum absolute atomic E-state index is 0.0376. The third-order valence-corrected chi connectivity index (χ3v) is 2.10. The first-order valence-corrected chi connectivity index (χ1v) is 5.08. The summed E-state index contributed by atoms with van der Waals surface area (Å²) in [7, 11) is 0. The Morgan fingerprint density at radius 1 is 1.57 bits per heavy atom. The van der Waals surface area contributed by atoms with Gasteiger partial charge in [0.1, 0.15) is 0 Å². The Morgan fingerprint density at radius 2 is 2.14 bits per heavy atom. The van der Waals surface area contributed by atoms with Crippen LogP contribution in [-0.2, 0) is 4.79 Å². The average Bonchev–Trinajstić information content (AvgIpc) is 2.09. The molecule has 14 heavy (non-hydrogen) atoms. The Hall–Kier alpha value is -0.610. The molecule has 0 aromatic heterocycles. The summed E-state index contributed by atoms with van der Waals surface area (Å²) in [5.41, 5.74) is 4.64. The summed E-state index contributed by atoms with van der Waals surface area (Å²) in [5.74, 6) is 0.209. The standard InChI is InChI=1S/C10H22N2O2/c1-4-8(6-11)5-9(13)12-7-10(2,3)14/h8,14H,4-7,11H2,1-3H3,(H,12,13). The minimum atomic E-state index is -0.847. The summed E-state index contributed by atoms with van der Waals surface area (Å²) in [6.45, 7) is 6.15. The Kier molecular flexibility index (Phi) is 5.72. The first-order chi connectivity index (χ1) is 6.39. The molecule has 0 rings (SSSR count). The lowest BCUT2D eigenvalue weighted by Crippen LogP contribution is -2.39. The second-order valence-electron chi connectivity index (χ2n) is 4.30. The number of hydrogen-bond acceptors (Lipinski definition) is 3. The van der Waals surface area contributed by atoms with Crippen molar-refractivity contribution in [1.29, 1.82) is 0 Å². The molecule has 0 bridgehead atoms. The van der Waals surface area contributed by atoms with E-state index in [9.17, 15) is 9.90 Å². The third-order valence-electron chi connectivity index (χ3n) is 2.10. The Morgan fingerprint density at radius 3 is 2.50 bits per heavy atom. The van der Waals surface area contributed by atoms with Crippen molar-refractivity contribution in [2.45, 2.75) is 39.2 Å². The lowest BCUT2D eigenvalue weighted by atomic mass is 10.0. The topological polar surface area (TPSA) is 75.4 Å². The molecule has 0 saturated heterocycles. The Balaban J connectivity index is 3.75. The summed E-state index contributed by atoms with van der Waals surface area (Å²) >= 11 is 0. The zero-order valence-corrected chi connectivity index (χ0v) is 9.34. The summed E-state index contributed by atoms with van der Waals surface area (Å²) < 4.78 is 0. The quantitative estimate of drug-likeness (QED) is 0.578. The monoisotopic (exact) mass is 202 g/mol. The molecule has 84 valence electrons. The van der Waals surface area contributed by atoms with Crippen LogP contribution in [0.4, 0.5) is 0 Å². The highest BCUT2D eigenvalue weighted by Crippen LogP contribution is 2.06. The molecule has 0 aliphatic rings. The van der Waals surface area contributed by atoms with Crippen LogP contribution in [0.25, 0.3) is 0 Å². The van der Waals surface area contributed by atoms with Gasteiger partial charge in [0.05, 0.1) is 5.60 Å². The molecule has 1 unspecified atom stereocenters. The van der Waals surface area contributed by atoms with Crippen LogP contribution in [0.2, 0.25) is 0 Å². The lowest BCUT2D eigenvalue weighted by molar-refractivity contribution is -0.123. The van der Waals surface area contributed by atoms with Crippen LogP contribution >= 0.6 is 0 Å². The first-order valence-electron chi connectivity index (χ1n) is 5.08. The van der Waals surface area contributed by atoms with Crippen molar-refractivity contribution in [3.8, 4) is 0 Å². The summed E-state index contributed by atoms with van der Waals surface area (Å²) in [4.78, 5) is 11.3. The van der Waals surface area contributed by atoms with Gasteiger partial charge in [0.15, 0.2) is 0 Å². The fourth-order valence-corrected chi connectivity index (χ4v) is 1.04. The van der Waals surface area contributed by atoms with Crippen molar-refractivity contribution in [2.24, 2.45) is 11.7 Å². The number of nitrogens with one attached hydrogen (secondary N) is 1. The van der Waals surface area contributed by atoms with Gasteiger partial charge in [-0.1, -0.05) is 13.3 Å². The number of aliphatic hydroxyl groups is 1. The zero-order valence-electron chi connectivity index (χ0n) is 9.34. The fourth-order valence-electron chi connectivity index (χ4n) is 1.04. The van der Waals surface area contributed by atoms with E-state index in [2.05, 4.69) is 5.32 Å². The molecule has 1 amide bonds. The maximum Gasteiger partial charge on any atom is 0.220 e. The van der Waals surface area contributed by atoms with Crippen molar-refractivity contribution >= 4 is 5.91 Å². The molecule has 0 radical (unpaired) electrons. The number of hydrogen-bond donors (Lipinski definition) is 3.